The zero-order valence-corrected chi connectivity index (χ0v) is 11.4. The van der Waals surface area contributed by atoms with Gasteiger partial charge in [-0.15, -0.1) is 0 Å². The monoisotopic (exact) mass is 237 g/mol. The number of rotatable bonds is 1. The number of carbonyl (C=O) groups excluding carboxylic acids is 1. The lowest BCUT2D eigenvalue weighted by molar-refractivity contribution is -0.0609. The number of nitrogens with zero attached hydrogens (tertiary/aromatic N) is 1. The van der Waals surface area contributed by atoms with Gasteiger partial charge in [0.25, 0.3) is 0 Å². The zero-order chi connectivity index (χ0) is 12.9. The summed E-state index contributed by atoms with van der Waals surface area (Å²) in [6, 6.07) is 0. The van der Waals surface area contributed by atoms with Gasteiger partial charge in [0.2, 0.25) is 0 Å². The van der Waals surface area contributed by atoms with Crippen LogP contribution in [0, 0.1) is 5.41 Å². The van der Waals surface area contributed by atoms with Crippen molar-refractivity contribution < 1.29 is 9.53 Å². The predicted molar refractivity (Wildman–Crippen MR) is 67.8 cm³/mol. The first-order valence-electron chi connectivity index (χ1n) is 6.43. The Bertz CT molecular complexity index is 358. The number of piperidine rings is 1. The largest absolute Gasteiger partial charge is 0.435 e. The van der Waals surface area contributed by atoms with Gasteiger partial charge in [0.15, 0.2) is 5.60 Å². The smallest absolute Gasteiger partial charge is 0.411 e. The maximum atomic E-state index is 12.1. The fraction of sp³-hybridized carbons (Fsp3) is 0.786. The van der Waals surface area contributed by atoms with E-state index in [0.717, 1.165) is 25.8 Å². The van der Waals surface area contributed by atoms with Crippen LogP contribution in [-0.4, -0.2) is 28.7 Å². The van der Waals surface area contributed by atoms with Crippen molar-refractivity contribution in [3.05, 3.63) is 12.7 Å². The SMILES string of the molecule is C=C[C@]1(C(C)(C)C)OC(=O)N2CCCC[C@]21C. The molecule has 96 valence electrons. The first-order valence-corrected chi connectivity index (χ1v) is 6.43. The van der Waals surface area contributed by atoms with Crippen LogP contribution in [0.1, 0.15) is 47.0 Å². The number of amides is 1. The molecular weight excluding hydrogens is 214 g/mol. The van der Waals surface area contributed by atoms with Gasteiger partial charge in [0, 0.05) is 12.0 Å². The fourth-order valence-corrected chi connectivity index (χ4v) is 3.63. The van der Waals surface area contributed by atoms with E-state index in [2.05, 4.69) is 34.3 Å². The van der Waals surface area contributed by atoms with Crippen LogP contribution in [0.5, 0.6) is 0 Å². The zero-order valence-electron chi connectivity index (χ0n) is 11.4. The Morgan fingerprint density at radius 3 is 2.59 bits per heavy atom. The Labute approximate surface area is 104 Å². The van der Waals surface area contributed by atoms with Gasteiger partial charge < -0.3 is 4.74 Å². The van der Waals surface area contributed by atoms with Crippen molar-refractivity contribution in [3.63, 3.8) is 0 Å². The van der Waals surface area contributed by atoms with Gasteiger partial charge in [-0.05, 0) is 32.3 Å². The molecule has 2 aliphatic heterocycles. The number of carbonyl (C=O) groups is 1. The van der Waals surface area contributed by atoms with E-state index in [-0.39, 0.29) is 17.0 Å². The molecule has 1 amide bonds. The van der Waals surface area contributed by atoms with E-state index < -0.39 is 5.60 Å². The summed E-state index contributed by atoms with van der Waals surface area (Å²) in [7, 11) is 0. The van der Waals surface area contributed by atoms with Gasteiger partial charge in [-0.1, -0.05) is 27.4 Å². The Balaban J connectivity index is 2.54. The minimum atomic E-state index is -0.586. The van der Waals surface area contributed by atoms with Crippen molar-refractivity contribution in [3.8, 4) is 0 Å². The molecule has 3 heteroatoms. The highest BCUT2D eigenvalue weighted by Gasteiger charge is 2.65. The van der Waals surface area contributed by atoms with E-state index in [1.165, 1.54) is 0 Å². The standard InChI is InChI=1S/C14H23NO2/c1-6-14(12(2,3)4)13(5)9-7-8-10-15(13)11(16)17-14/h6H,1,7-10H2,2-5H3/t13-,14+/m0/s1. The molecule has 0 N–H and O–H groups in total. The minimum absolute atomic E-state index is 0.148. The Hall–Kier alpha value is -0.990. The number of fused-ring (bicyclic) bond motifs is 1. The molecule has 0 aliphatic carbocycles. The second kappa shape index (κ2) is 3.50. The maximum Gasteiger partial charge on any atom is 0.411 e. The van der Waals surface area contributed by atoms with Crippen molar-refractivity contribution in [1.82, 2.24) is 4.90 Å². The molecule has 17 heavy (non-hydrogen) atoms. The normalized spacial score (nSPS) is 37.6. The first-order chi connectivity index (χ1) is 7.78. The lowest BCUT2D eigenvalue weighted by Gasteiger charge is -2.51. The van der Waals surface area contributed by atoms with E-state index >= 15 is 0 Å². The summed E-state index contributed by atoms with van der Waals surface area (Å²) < 4.78 is 5.78. The molecule has 0 radical (unpaired) electrons. The van der Waals surface area contributed by atoms with Crippen molar-refractivity contribution >= 4 is 6.09 Å². The van der Waals surface area contributed by atoms with Crippen LogP contribution >= 0.6 is 0 Å². The molecule has 0 aromatic heterocycles. The molecule has 2 saturated heterocycles. The van der Waals surface area contributed by atoms with E-state index in [4.69, 9.17) is 4.74 Å². The fourth-order valence-electron chi connectivity index (χ4n) is 3.63. The third kappa shape index (κ3) is 1.37. The summed E-state index contributed by atoms with van der Waals surface area (Å²) in [5.74, 6) is 0. The quantitative estimate of drug-likeness (QED) is 0.654. The molecule has 0 saturated carbocycles. The van der Waals surface area contributed by atoms with Gasteiger partial charge in [0.1, 0.15) is 0 Å². The van der Waals surface area contributed by atoms with Crippen molar-refractivity contribution in [1.29, 1.82) is 0 Å². The molecule has 2 heterocycles. The third-order valence-electron chi connectivity index (χ3n) is 4.56. The average Bonchev–Trinajstić information content (AvgIpc) is 2.47. The Kier molecular flexibility index (Phi) is 2.57. The number of ether oxygens (including phenoxy) is 1. The molecule has 0 unspecified atom stereocenters. The maximum absolute atomic E-state index is 12.1. The lowest BCUT2D eigenvalue weighted by Crippen LogP contribution is -2.62. The van der Waals surface area contributed by atoms with Crippen LogP contribution in [0.25, 0.3) is 0 Å². The Morgan fingerprint density at radius 1 is 1.41 bits per heavy atom. The van der Waals surface area contributed by atoms with E-state index in [1.807, 2.05) is 11.0 Å². The molecule has 2 aliphatic rings. The summed E-state index contributed by atoms with van der Waals surface area (Å²) in [6.45, 7) is 13.2. The second-order valence-electron chi connectivity index (χ2n) is 6.44. The van der Waals surface area contributed by atoms with Gasteiger partial charge in [0.05, 0.1) is 5.54 Å². The number of hydrogen-bond acceptors (Lipinski definition) is 2. The summed E-state index contributed by atoms with van der Waals surface area (Å²) in [6.07, 6.45) is 4.87. The molecule has 0 aromatic carbocycles. The highest BCUT2D eigenvalue weighted by atomic mass is 16.6. The average molecular weight is 237 g/mol. The highest BCUT2D eigenvalue weighted by molar-refractivity contribution is 5.74. The molecule has 2 atom stereocenters. The van der Waals surface area contributed by atoms with Crippen molar-refractivity contribution in [2.75, 3.05) is 6.54 Å². The topological polar surface area (TPSA) is 29.5 Å². The number of cyclic esters (lactones) is 1. The van der Waals surface area contributed by atoms with Gasteiger partial charge >= 0.3 is 6.09 Å². The van der Waals surface area contributed by atoms with Crippen LogP contribution in [0.15, 0.2) is 12.7 Å². The molecule has 3 nitrogen and oxygen atoms in total. The molecular formula is C14H23NO2. The second-order valence-corrected chi connectivity index (χ2v) is 6.44. The molecule has 0 bridgehead atoms. The van der Waals surface area contributed by atoms with Crippen LogP contribution in [-0.2, 0) is 4.74 Å². The number of hydrogen-bond donors (Lipinski definition) is 0. The summed E-state index contributed by atoms with van der Waals surface area (Å²) in [4.78, 5) is 14.0. The summed E-state index contributed by atoms with van der Waals surface area (Å²) >= 11 is 0. The van der Waals surface area contributed by atoms with E-state index in [1.54, 1.807) is 0 Å². The van der Waals surface area contributed by atoms with Crippen molar-refractivity contribution in [2.24, 2.45) is 5.41 Å². The highest BCUT2D eigenvalue weighted by Crippen LogP contribution is 2.53. The van der Waals surface area contributed by atoms with Crippen LogP contribution in [0.2, 0.25) is 0 Å². The Morgan fingerprint density at radius 2 is 2.06 bits per heavy atom. The van der Waals surface area contributed by atoms with Gasteiger partial charge in [-0.3, -0.25) is 4.90 Å². The lowest BCUT2D eigenvalue weighted by atomic mass is 9.63. The van der Waals surface area contributed by atoms with E-state index in [9.17, 15) is 4.79 Å². The van der Waals surface area contributed by atoms with Crippen LogP contribution < -0.4 is 0 Å². The predicted octanol–water partition coefficient (Wildman–Crippen LogP) is 3.35. The van der Waals surface area contributed by atoms with Gasteiger partial charge in [-0.2, -0.15) is 0 Å². The van der Waals surface area contributed by atoms with Crippen LogP contribution in [0.3, 0.4) is 0 Å². The summed E-state index contributed by atoms with van der Waals surface area (Å²) in [5, 5.41) is 0. The minimum Gasteiger partial charge on any atom is -0.435 e. The first kappa shape index (κ1) is 12.5. The van der Waals surface area contributed by atoms with E-state index in [0.29, 0.717) is 0 Å². The molecule has 0 spiro atoms. The molecule has 2 fully saturated rings. The van der Waals surface area contributed by atoms with Gasteiger partial charge in [-0.25, -0.2) is 4.79 Å². The van der Waals surface area contributed by atoms with Crippen molar-refractivity contribution in [2.45, 2.75) is 58.1 Å². The molecule has 2 rings (SSSR count). The summed E-state index contributed by atoms with van der Waals surface area (Å²) in [5.41, 5.74) is -0.981. The third-order valence-corrected chi connectivity index (χ3v) is 4.56. The van der Waals surface area contributed by atoms with Crippen LogP contribution in [0.4, 0.5) is 4.79 Å². The molecule has 0 aromatic rings.